The van der Waals surface area contributed by atoms with Crippen LogP contribution in [0, 0.1) is 0 Å². The number of aromatic nitrogens is 1. The number of likely N-dealkylation sites (N-methyl/N-ethyl adjacent to an activating group) is 1. The predicted molar refractivity (Wildman–Crippen MR) is 249 cm³/mol. The second-order valence-electron chi connectivity index (χ2n) is 17.4. The molecule has 0 spiro atoms. The van der Waals surface area contributed by atoms with Crippen LogP contribution in [0.1, 0.15) is 77.4 Å². The lowest BCUT2D eigenvalue weighted by Crippen LogP contribution is -2.38. The van der Waals surface area contributed by atoms with E-state index in [2.05, 4.69) is 0 Å². The Hall–Kier alpha value is -6.47. The van der Waals surface area contributed by atoms with E-state index < -0.39 is 80.4 Å². The number of carbonyl (C=O) groups excluding carboxylic acids is 4. The summed E-state index contributed by atoms with van der Waals surface area (Å²) in [4.78, 5) is 65.7. The molecule has 3 aromatic carbocycles. The molecule has 0 bridgehead atoms. The van der Waals surface area contributed by atoms with Gasteiger partial charge >= 0.3 is 11.8 Å². The number of pyridine rings is 1. The van der Waals surface area contributed by atoms with Crippen LogP contribution in [0.2, 0.25) is 0 Å². The van der Waals surface area contributed by atoms with Crippen LogP contribution >= 0.6 is 0 Å². The number of fused-ring (bicyclic) bond motifs is 4. The number of hydrogen-bond acceptors (Lipinski definition) is 14. The number of amides is 3. The van der Waals surface area contributed by atoms with Crippen molar-refractivity contribution in [3.8, 4) is 0 Å². The average Bonchev–Trinajstić information content (AvgIpc) is 3.81. The maximum absolute atomic E-state index is 13.2. The molecule has 1 atom stereocenters. The third kappa shape index (κ3) is 10.0. The molecule has 1 unspecified atom stereocenters. The van der Waals surface area contributed by atoms with Crippen LogP contribution in [-0.4, -0.2) is 105 Å². The van der Waals surface area contributed by atoms with Crippen molar-refractivity contribution in [1.82, 2.24) is 10.1 Å². The molecule has 1 aromatic heterocycles. The molecule has 7 rings (SSSR count). The molecule has 3 N–H and O–H groups in total. The lowest BCUT2D eigenvalue weighted by Gasteiger charge is -2.30. The van der Waals surface area contributed by atoms with Crippen LogP contribution in [0.5, 0.6) is 0 Å². The molecule has 0 radical (unpaired) electrons. The van der Waals surface area contributed by atoms with Crippen LogP contribution < -0.4 is 9.47 Å². The first kappa shape index (κ1) is 50.4. The van der Waals surface area contributed by atoms with Gasteiger partial charge in [-0.2, -0.15) is 25.3 Å². The highest BCUT2D eigenvalue weighted by atomic mass is 32.2. The van der Waals surface area contributed by atoms with Crippen molar-refractivity contribution in [3.63, 3.8) is 0 Å². The third-order valence-electron chi connectivity index (χ3n) is 12.4. The van der Waals surface area contributed by atoms with E-state index in [9.17, 15) is 58.1 Å². The van der Waals surface area contributed by atoms with Crippen LogP contribution in [0.15, 0.2) is 112 Å². The summed E-state index contributed by atoms with van der Waals surface area (Å²) < 4.78 is 105. The van der Waals surface area contributed by atoms with Gasteiger partial charge in [0, 0.05) is 55.5 Å². The van der Waals surface area contributed by atoms with Gasteiger partial charge in [-0.05, 0) is 97.2 Å². The molecule has 0 saturated carbocycles. The Labute approximate surface area is 398 Å². The van der Waals surface area contributed by atoms with E-state index in [0.29, 0.717) is 50.7 Å². The van der Waals surface area contributed by atoms with Gasteiger partial charge in [0.2, 0.25) is 0 Å². The Bertz CT molecular complexity index is 3310. The highest BCUT2D eigenvalue weighted by molar-refractivity contribution is 7.87. The van der Waals surface area contributed by atoms with E-state index in [-0.39, 0.29) is 54.1 Å². The fourth-order valence-electron chi connectivity index (χ4n) is 8.84. The fourth-order valence-corrected chi connectivity index (χ4v) is 10.7. The van der Waals surface area contributed by atoms with Crippen LogP contribution in [0.4, 0.5) is 11.5 Å². The summed E-state index contributed by atoms with van der Waals surface area (Å²) in [6, 6.07) is 12.7. The molecule has 4 heterocycles. The van der Waals surface area contributed by atoms with E-state index in [1.807, 2.05) is 25.7 Å². The highest BCUT2D eigenvalue weighted by Crippen LogP contribution is 2.53. The maximum atomic E-state index is 13.2. The minimum absolute atomic E-state index is 0.0185. The first-order chi connectivity index (χ1) is 32.1. The van der Waals surface area contributed by atoms with E-state index in [1.54, 1.807) is 72.5 Å². The number of hydroxylamine groups is 4. The smallest absolute Gasteiger partial charge is 0.347 e. The lowest BCUT2D eigenvalue weighted by molar-refractivity contribution is -0.684. The summed E-state index contributed by atoms with van der Waals surface area (Å²) in [5, 5.41) is 1.57. The Morgan fingerprint density at radius 1 is 0.870 bits per heavy atom. The fraction of sp³-hybridized carbons (Fsp3) is 0.304. The lowest BCUT2D eigenvalue weighted by atomic mass is 9.74. The van der Waals surface area contributed by atoms with Gasteiger partial charge in [-0.3, -0.25) is 32.9 Å². The van der Waals surface area contributed by atoms with Gasteiger partial charge in [0.15, 0.2) is 5.71 Å². The topological polar surface area (TPSA) is 276 Å². The minimum Gasteiger partial charge on any atom is -0.347 e. The predicted octanol–water partition coefficient (Wildman–Crippen LogP) is 4.76. The molecule has 23 heteroatoms. The molecule has 1 fully saturated rings. The molecule has 3 aliphatic rings. The number of hydrogen-bond donors (Lipinski definition) is 3. The Kier molecular flexibility index (Phi) is 13.5. The summed E-state index contributed by atoms with van der Waals surface area (Å²) >= 11 is 0. The summed E-state index contributed by atoms with van der Waals surface area (Å²) in [6.07, 6.45) is 10.3. The van der Waals surface area contributed by atoms with Crippen molar-refractivity contribution in [2.24, 2.45) is 4.99 Å². The zero-order chi connectivity index (χ0) is 50.6. The number of aryl methyl sites for hydroxylation is 1. The van der Waals surface area contributed by atoms with Crippen molar-refractivity contribution >= 4 is 82.0 Å². The number of rotatable bonds is 15. The van der Waals surface area contributed by atoms with Gasteiger partial charge < -0.3 is 9.74 Å². The second-order valence-corrected chi connectivity index (χ2v) is 21.7. The van der Waals surface area contributed by atoms with Gasteiger partial charge in [-0.15, -0.1) is 5.06 Å². The summed E-state index contributed by atoms with van der Waals surface area (Å²) in [5.74, 6) is -2.70. The van der Waals surface area contributed by atoms with Crippen molar-refractivity contribution in [1.29, 1.82) is 0 Å². The van der Waals surface area contributed by atoms with Gasteiger partial charge in [0.1, 0.15) is 11.1 Å². The van der Waals surface area contributed by atoms with E-state index in [4.69, 9.17) is 14.7 Å². The second kappa shape index (κ2) is 18.5. The van der Waals surface area contributed by atoms with E-state index >= 15 is 0 Å². The average molecular weight is 1010 g/mol. The largest absolute Gasteiger partial charge is 0.363 e. The molecule has 4 aromatic rings. The molecular weight excluding hydrogens is 959 g/mol. The standard InChI is InChI=1S/C46H47N5O15S3/c1-45(2)34-23-30(43(54)49(5)65-6)27-50(21-10-22-67(56,57)58)42(34)47-37(45)11-8-7-9-12-38-46(3,26-28-13-15-29(16-14-28)44(55)66-51-39(52)19-20-40(51)53)41-33-24-31(68(59,60)61)25-36(69(62,63)64)32(33)17-18-35(41)48(38)4/h7-9,11-18,23-25,27H,10,19-22,26H2,1-6H3,(H2-,56,57,58,59,60,61,62,63,64)/p+1. The van der Waals surface area contributed by atoms with Crippen LogP contribution in [-0.2, 0) is 73.4 Å². The Morgan fingerprint density at radius 2 is 1.54 bits per heavy atom. The quantitative estimate of drug-likeness (QED) is 0.0476. The number of aliphatic imine (C=N–C) groups is 1. The van der Waals surface area contributed by atoms with Crippen molar-refractivity contribution in [3.05, 3.63) is 125 Å². The minimum atomic E-state index is -5.03. The van der Waals surface area contributed by atoms with Gasteiger partial charge in [-0.25, -0.2) is 14.4 Å². The van der Waals surface area contributed by atoms with Gasteiger partial charge in [-0.1, -0.05) is 36.4 Å². The van der Waals surface area contributed by atoms with Crippen molar-refractivity contribution in [2.45, 2.75) is 73.6 Å². The van der Waals surface area contributed by atoms with E-state index in [0.717, 1.165) is 11.1 Å². The number of benzene rings is 3. The zero-order valence-corrected chi connectivity index (χ0v) is 40.6. The SMILES string of the molecule is CON(C)C(=O)c1cc2c([n+](CCCS(=O)(=O)O)c1)N=C(/C=C/C=C/C=C1/N(C)c3ccc4c(S(=O)(=O)O)cc(S(=O)(=O)O)cc4c3C1(C)Cc1ccc(C(=O)ON3C(=O)CCC3=O)cc1)C2(C)C. The first-order valence-corrected chi connectivity index (χ1v) is 25.6. The Balaban J connectivity index is 1.27. The normalized spacial score (nSPS) is 18.7. The Morgan fingerprint density at radius 3 is 2.14 bits per heavy atom. The van der Waals surface area contributed by atoms with Crippen molar-refractivity contribution < 1.29 is 72.3 Å². The molecular formula is C46H48N5O15S3+. The molecule has 20 nitrogen and oxygen atoms in total. The summed E-state index contributed by atoms with van der Waals surface area (Å²) in [7, 11) is -9.74. The molecule has 3 aliphatic heterocycles. The molecule has 0 aliphatic carbocycles. The van der Waals surface area contributed by atoms with Crippen LogP contribution in [0.3, 0.4) is 0 Å². The van der Waals surface area contributed by atoms with E-state index in [1.165, 1.54) is 32.4 Å². The molecule has 1 saturated heterocycles. The van der Waals surface area contributed by atoms with Crippen LogP contribution in [0.25, 0.3) is 10.8 Å². The first-order valence-electron chi connectivity index (χ1n) is 21.1. The molecule has 3 amide bonds. The summed E-state index contributed by atoms with van der Waals surface area (Å²) in [6.45, 7) is 5.78. The van der Waals surface area contributed by atoms with Gasteiger partial charge in [0.05, 0.1) is 46.4 Å². The molecule has 364 valence electrons. The maximum Gasteiger partial charge on any atom is 0.363 e. The number of carbonyl (C=O) groups is 4. The third-order valence-corrected chi connectivity index (χ3v) is 14.9. The zero-order valence-electron chi connectivity index (χ0n) is 38.1. The highest BCUT2D eigenvalue weighted by Gasteiger charge is 2.45. The monoisotopic (exact) mass is 1010 g/mol. The number of anilines is 1. The number of allylic oxidation sites excluding steroid dienone is 6. The number of imide groups is 1. The number of nitrogens with zero attached hydrogens (tertiary/aromatic N) is 5. The van der Waals surface area contributed by atoms with Crippen molar-refractivity contribution in [2.75, 3.05) is 31.9 Å². The summed E-state index contributed by atoms with van der Waals surface area (Å²) in [5.41, 5.74) is 1.93. The molecule has 69 heavy (non-hydrogen) atoms. The van der Waals surface area contributed by atoms with Gasteiger partial charge in [0.25, 0.3) is 48.1 Å².